The summed E-state index contributed by atoms with van der Waals surface area (Å²) in [5, 5.41) is 7.07. The molecule has 0 unspecified atom stereocenters. The molecule has 0 fully saturated rings. The maximum Gasteiger partial charge on any atom is 0.145 e. The molecular weight excluding hydrogens is 560 g/mol. The summed E-state index contributed by atoms with van der Waals surface area (Å²) < 4.78 is 8.77. The van der Waals surface area contributed by atoms with Crippen LogP contribution in [0.2, 0.25) is 0 Å². The van der Waals surface area contributed by atoms with E-state index < -0.39 is 0 Å². The average Bonchev–Trinajstić information content (AvgIpc) is 3.63. The zero-order chi connectivity index (χ0) is 31.0. The number of fused-ring (bicyclic) bond motifs is 6. The lowest BCUT2D eigenvalue weighted by atomic mass is 9.84. The summed E-state index contributed by atoms with van der Waals surface area (Å²) in [6, 6.07) is 49.9. The van der Waals surface area contributed by atoms with Crippen molar-refractivity contribution in [2.75, 3.05) is 0 Å². The Morgan fingerprint density at radius 1 is 0.522 bits per heavy atom. The Balaban J connectivity index is 1.27. The van der Waals surface area contributed by atoms with Gasteiger partial charge in [-0.25, -0.2) is 4.98 Å². The molecule has 9 rings (SSSR count). The van der Waals surface area contributed by atoms with E-state index in [0.29, 0.717) is 0 Å². The predicted octanol–water partition coefficient (Wildman–Crippen LogP) is 11.9. The van der Waals surface area contributed by atoms with Gasteiger partial charge in [0.15, 0.2) is 0 Å². The first kappa shape index (κ1) is 26.7. The maximum absolute atomic E-state index is 6.43. The maximum atomic E-state index is 6.43. The fourth-order valence-electron chi connectivity index (χ4n) is 6.96. The molecule has 46 heavy (non-hydrogen) atoms. The Labute approximate surface area is 267 Å². The molecule has 2 heterocycles. The van der Waals surface area contributed by atoms with Crippen molar-refractivity contribution in [3.63, 3.8) is 0 Å². The molecular formula is C43H32N2O. The van der Waals surface area contributed by atoms with E-state index in [9.17, 15) is 0 Å². The molecule has 0 saturated heterocycles. The quantitative estimate of drug-likeness (QED) is 0.191. The molecule has 0 radical (unpaired) electrons. The number of hydrogen-bond acceptors (Lipinski definition) is 2. The third kappa shape index (κ3) is 4.23. The van der Waals surface area contributed by atoms with E-state index in [0.717, 1.165) is 50.0 Å². The van der Waals surface area contributed by atoms with Gasteiger partial charge in [-0.3, -0.25) is 4.57 Å². The highest BCUT2D eigenvalue weighted by molar-refractivity contribution is 6.12. The Morgan fingerprint density at radius 2 is 1.20 bits per heavy atom. The molecule has 0 aliphatic carbocycles. The molecule has 3 heteroatoms. The molecule has 0 saturated carbocycles. The van der Waals surface area contributed by atoms with Gasteiger partial charge in [-0.1, -0.05) is 93.6 Å². The van der Waals surface area contributed by atoms with Crippen LogP contribution in [0.4, 0.5) is 0 Å². The first-order chi connectivity index (χ1) is 22.4. The lowest BCUT2D eigenvalue weighted by molar-refractivity contribution is 0.587. The van der Waals surface area contributed by atoms with Gasteiger partial charge in [-0.05, 0) is 110 Å². The summed E-state index contributed by atoms with van der Waals surface area (Å²) in [5.74, 6) is 0.919. The predicted molar refractivity (Wildman–Crippen MR) is 193 cm³/mol. The van der Waals surface area contributed by atoms with Gasteiger partial charge in [-0.15, -0.1) is 0 Å². The van der Waals surface area contributed by atoms with Crippen LogP contribution in [-0.2, 0) is 5.41 Å². The number of aromatic nitrogens is 2. The minimum Gasteiger partial charge on any atom is -0.456 e. The number of para-hydroxylation sites is 2. The van der Waals surface area contributed by atoms with Crippen molar-refractivity contribution in [1.82, 2.24) is 9.55 Å². The number of rotatable bonds is 3. The summed E-state index contributed by atoms with van der Waals surface area (Å²) in [6.07, 6.45) is 0. The van der Waals surface area contributed by atoms with Gasteiger partial charge in [0.25, 0.3) is 0 Å². The number of nitrogens with zero attached hydrogens (tertiary/aromatic N) is 2. The molecule has 9 aromatic rings. The van der Waals surface area contributed by atoms with Crippen LogP contribution >= 0.6 is 0 Å². The van der Waals surface area contributed by atoms with Crippen molar-refractivity contribution in [2.45, 2.75) is 26.2 Å². The van der Waals surface area contributed by atoms with Gasteiger partial charge in [-0.2, -0.15) is 0 Å². The first-order valence-electron chi connectivity index (χ1n) is 15.9. The van der Waals surface area contributed by atoms with E-state index in [1.54, 1.807) is 0 Å². The summed E-state index contributed by atoms with van der Waals surface area (Å²) >= 11 is 0. The second kappa shape index (κ2) is 9.92. The second-order valence-corrected chi connectivity index (χ2v) is 13.3. The highest BCUT2D eigenvalue weighted by Crippen LogP contribution is 2.40. The zero-order valence-corrected chi connectivity index (χ0v) is 26.1. The second-order valence-electron chi connectivity index (χ2n) is 13.3. The Kier molecular flexibility index (Phi) is 5.76. The average molecular weight is 593 g/mol. The number of hydrogen-bond donors (Lipinski definition) is 0. The topological polar surface area (TPSA) is 31.0 Å². The molecule has 220 valence electrons. The van der Waals surface area contributed by atoms with Crippen LogP contribution in [0.1, 0.15) is 26.3 Å². The third-order valence-corrected chi connectivity index (χ3v) is 9.26. The Morgan fingerprint density at radius 3 is 1.98 bits per heavy atom. The van der Waals surface area contributed by atoms with Crippen LogP contribution in [0.15, 0.2) is 144 Å². The van der Waals surface area contributed by atoms with Crippen LogP contribution in [-0.4, -0.2) is 9.55 Å². The van der Waals surface area contributed by atoms with E-state index in [-0.39, 0.29) is 5.41 Å². The monoisotopic (exact) mass is 592 g/mol. The molecule has 0 aliphatic heterocycles. The van der Waals surface area contributed by atoms with E-state index in [4.69, 9.17) is 9.40 Å². The smallest absolute Gasteiger partial charge is 0.145 e. The highest BCUT2D eigenvalue weighted by Gasteiger charge is 2.24. The van der Waals surface area contributed by atoms with Gasteiger partial charge in [0.1, 0.15) is 17.0 Å². The van der Waals surface area contributed by atoms with Gasteiger partial charge < -0.3 is 4.42 Å². The lowest BCUT2D eigenvalue weighted by Crippen LogP contribution is -2.16. The van der Waals surface area contributed by atoms with Crippen LogP contribution < -0.4 is 0 Å². The molecule has 0 atom stereocenters. The molecule has 7 aromatic carbocycles. The van der Waals surface area contributed by atoms with Crippen molar-refractivity contribution >= 4 is 54.5 Å². The Hall–Kier alpha value is -5.67. The van der Waals surface area contributed by atoms with Crippen LogP contribution in [0.25, 0.3) is 82.7 Å². The van der Waals surface area contributed by atoms with Crippen molar-refractivity contribution in [2.24, 2.45) is 0 Å². The molecule has 0 aliphatic rings. The van der Waals surface area contributed by atoms with Crippen LogP contribution in [0.3, 0.4) is 0 Å². The van der Waals surface area contributed by atoms with Gasteiger partial charge in [0.05, 0.1) is 16.7 Å². The summed E-state index contributed by atoms with van der Waals surface area (Å²) in [4.78, 5) is 5.25. The zero-order valence-electron chi connectivity index (χ0n) is 26.1. The SMILES string of the molecule is CC(C)(C)c1cc(-c2ccccc2)ccc1-n1c(-c2ccc3oc4cc5cc6ccccc6cc5cc4c3c2)nc2ccccc21. The van der Waals surface area contributed by atoms with E-state index in [2.05, 4.69) is 165 Å². The summed E-state index contributed by atoms with van der Waals surface area (Å²) in [5.41, 5.74) is 9.64. The van der Waals surface area contributed by atoms with Gasteiger partial charge in [0, 0.05) is 16.3 Å². The van der Waals surface area contributed by atoms with Gasteiger partial charge >= 0.3 is 0 Å². The van der Waals surface area contributed by atoms with E-state index >= 15 is 0 Å². The minimum atomic E-state index is -0.0985. The van der Waals surface area contributed by atoms with Crippen LogP contribution in [0.5, 0.6) is 0 Å². The highest BCUT2D eigenvalue weighted by atomic mass is 16.3. The molecule has 0 spiro atoms. The molecule has 2 aromatic heterocycles. The third-order valence-electron chi connectivity index (χ3n) is 9.26. The van der Waals surface area contributed by atoms with Crippen molar-refractivity contribution in [1.29, 1.82) is 0 Å². The molecule has 3 nitrogen and oxygen atoms in total. The fourth-order valence-corrected chi connectivity index (χ4v) is 6.96. The fraction of sp³-hybridized carbons (Fsp3) is 0.0930. The first-order valence-corrected chi connectivity index (χ1v) is 15.9. The summed E-state index contributed by atoms with van der Waals surface area (Å²) in [7, 11) is 0. The molecule has 0 bridgehead atoms. The van der Waals surface area contributed by atoms with Crippen LogP contribution in [0, 0.1) is 0 Å². The largest absolute Gasteiger partial charge is 0.456 e. The van der Waals surface area contributed by atoms with Crippen molar-refractivity contribution in [3.8, 4) is 28.2 Å². The number of imidazole rings is 1. The van der Waals surface area contributed by atoms with Crippen molar-refractivity contribution < 1.29 is 4.42 Å². The molecule has 0 amide bonds. The lowest BCUT2D eigenvalue weighted by Gasteiger charge is -2.25. The van der Waals surface area contributed by atoms with E-state index in [1.807, 2.05) is 0 Å². The number of furan rings is 1. The Bertz CT molecular complexity index is 2620. The molecule has 0 N–H and O–H groups in total. The van der Waals surface area contributed by atoms with E-state index in [1.165, 1.54) is 38.2 Å². The standard InChI is InChI=1S/C43H32N2O/c1-43(2,3)36-25-30(27-11-5-4-6-12-27)17-19-38(36)45-39-16-10-9-15-37(39)44-42(45)31-18-20-40-34(23-31)35-24-32-21-28-13-7-8-14-29(28)22-33(32)26-41(35)46-40/h4-26H,1-3H3. The minimum absolute atomic E-state index is 0.0985. The summed E-state index contributed by atoms with van der Waals surface area (Å²) in [6.45, 7) is 6.86. The normalized spacial score (nSPS) is 12.2. The van der Waals surface area contributed by atoms with Gasteiger partial charge in [0.2, 0.25) is 0 Å². The van der Waals surface area contributed by atoms with Crippen molar-refractivity contribution in [3.05, 3.63) is 145 Å². The number of benzene rings is 7.